The Labute approximate surface area is 136 Å². The number of benzene rings is 2. The lowest BCUT2D eigenvalue weighted by Crippen LogP contribution is -2.12. The molecular weight excluding hydrogens is 314 g/mol. The fourth-order valence-electron chi connectivity index (χ4n) is 2.09. The Morgan fingerprint density at radius 2 is 1.83 bits per heavy atom. The fraction of sp³-hybridized carbons (Fsp3) is 0.235. The summed E-state index contributed by atoms with van der Waals surface area (Å²) in [6.07, 6.45) is 2.03. The van der Waals surface area contributed by atoms with Crippen LogP contribution in [-0.4, -0.2) is 27.7 Å². The van der Waals surface area contributed by atoms with Crippen molar-refractivity contribution >= 4 is 21.4 Å². The van der Waals surface area contributed by atoms with Crippen LogP contribution in [0.25, 0.3) is 0 Å². The second-order valence-electron chi connectivity index (χ2n) is 5.20. The predicted octanol–water partition coefficient (Wildman–Crippen LogP) is 2.67. The summed E-state index contributed by atoms with van der Waals surface area (Å²) in [6.45, 7) is 0. The van der Waals surface area contributed by atoms with Crippen molar-refractivity contribution in [2.24, 2.45) is 0 Å². The normalized spacial score (nSPS) is 11.0. The van der Waals surface area contributed by atoms with E-state index in [0.717, 1.165) is 5.56 Å². The van der Waals surface area contributed by atoms with Crippen molar-refractivity contribution in [3.05, 3.63) is 54.1 Å². The molecule has 0 atom stereocenters. The molecule has 0 saturated heterocycles. The first-order chi connectivity index (χ1) is 10.9. The van der Waals surface area contributed by atoms with Gasteiger partial charge in [0, 0.05) is 24.4 Å². The molecule has 2 aromatic rings. The summed E-state index contributed by atoms with van der Waals surface area (Å²) >= 11 is 0. The van der Waals surface area contributed by atoms with Gasteiger partial charge in [-0.1, -0.05) is 18.2 Å². The molecule has 0 aliphatic heterocycles. The van der Waals surface area contributed by atoms with E-state index < -0.39 is 9.84 Å². The van der Waals surface area contributed by atoms with Crippen molar-refractivity contribution < 1.29 is 17.9 Å². The van der Waals surface area contributed by atoms with E-state index in [1.54, 1.807) is 55.6 Å². The molecule has 0 aliphatic carbocycles. The lowest BCUT2D eigenvalue weighted by atomic mass is 10.1. The van der Waals surface area contributed by atoms with Gasteiger partial charge in [0.05, 0.1) is 12.0 Å². The van der Waals surface area contributed by atoms with Crippen LogP contribution in [0.4, 0.5) is 5.69 Å². The Balaban J connectivity index is 1.91. The Bertz CT molecular complexity index is 782. The number of amides is 1. The van der Waals surface area contributed by atoms with Crippen LogP contribution >= 0.6 is 0 Å². The van der Waals surface area contributed by atoms with Gasteiger partial charge >= 0.3 is 0 Å². The molecule has 0 spiro atoms. The lowest BCUT2D eigenvalue weighted by Gasteiger charge is -2.07. The molecule has 5 nitrogen and oxygen atoms in total. The number of aryl methyl sites for hydroxylation is 1. The number of sulfone groups is 1. The molecule has 0 heterocycles. The molecule has 0 fully saturated rings. The van der Waals surface area contributed by atoms with Crippen LogP contribution < -0.4 is 10.1 Å². The number of methoxy groups -OCH3 is 1. The summed E-state index contributed by atoms with van der Waals surface area (Å²) in [5, 5.41) is 2.81. The largest absolute Gasteiger partial charge is 0.497 e. The highest BCUT2D eigenvalue weighted by atomic mass is 32.2. The Morgan fingerprint density at radius 3 is 2.43 bits per heavy atom. The summed E-state index contributed by atoms with van der Waals surface area (Å²) in [5.41, 5.74) is 1.60. The third kappa shape index (κ3) is 5.10. The van der Waals surface area contributed by atoms with Crippen LogP contribution in [0, 0.1) is 0 Å². The predicted molar refractivity (Wildman–Crippen MR) is 89.5 cm³/mol. The lowest BCUT2D eigenvalue weighted by molar-refractivity contribution is -0.116. The van der Waals surface area contributed by atoms with Crippen molar-refractivity contribution in [2.75, 3.05) is 18.7 Å². The standard InChI is InChI=1S/C17H19NO4S/c1-22-15-5-3-4-14(12-15)18-17(19)11-8-13-6-9-16(10-7-13)23(2,20)21/h3-7,9-10,12H,8,11H2,1-2H3,(H,18,19). The van der Waals surface area contributed by atoms with Crippen LogP contribution in [0.2, 0.25) is 0 Å². The van der Waals surface area contributed by atoms with Crippen LogP contribution in [0.1, 0.15) is 12.0 Å². The zero-order valence-electron chi connectivity index (χ0n) is 13.1. The maximum absolute atomic E-state index is 12.0. The van der Waals surface area contributed by atoms with E-state index in [1.807, 2.05) is 0 Å². The number of hydrogen-bond donors (Lipinski definition) is 1. The monoisotopic (exact) mass is 333 g/mol. The van der Waals surface area contributed by atoms with Gasteiger partial charge in [0.2, 0.25) is 5.91 Å². The van der Waals surface area contributed by atoms with Crippen molar-refractivity contribution in [3.8, 4) is 5.75 Å². The van der Waals surface area contributed by atoms with Crippen LogP contribution in [-0.2, 0) is 21.1 Å². The molecule has 1 N–H and O–H groups in total. The topological polar surface area (TPSA) is 72.5 Å². The first-order valence-corrected chi connectivity index (χ1v) is 9.00. The summed E-state index contributed by atoms with van der Waals surface area (Å²) < 4.78 is 27.9. The molecule has 6 heteroatoms. The molecule has 0 aliphatic rings. The SMILES string of the molecule is COc1cccc(NC(=O)CCc2ccc(S(C)(=O)=O)cc2)c1. The van der Waals surface area contributed by atoms with Gasteiger partial charge < -0.3 is 10.1 Å². The third-order valence-corrected chi connectivity index (χ3v) is 4.47. The second kappa shape index (κ2) is 7.28. The Hall–Kier alpha value is -2.34. The van der Waals surface area contributed by atoms with Gasteiger partial charge in [-0.3, -0.25) is 4.79 Å². The molecule has 2 aromatic carbocycles. The van der Waals surface area contributed by atoms with Gasteiger partial charge in [-0.15, -0.1) is 0 Å². The average molecular weight is 333 g/mol. The number of rotatable bonds is 6. The molecule has 0 bridgehead atoms. The number of hydrogen-bond acceptors (Lipinski definition) is 4. The molecule has 0 unspecified atom stereocenters. The number of carbonyl (C=O) groups excluding carboxylic acids is 1. The van der Waals surface area contributed by atoms with Gasteiger partial charge in [-0.25, -0.2) is 8.42 Å². The Kier molecular flexibility index (Phi) is 5.39. The number of carbonyl (C=O) groups is 1. The van der Waals surface area contributed by atoms with Crippen LogP contribution in [0.5, 0.6) is 5.75 Å². The molecule has 122 valence electrons. The van der Waals surface area contributed by atoms with Gasteiger partial charge in [-0.05, 0) is 36.2 Å². The van der Waals surface area contributed by atoms with E-state index in [1.165, 1.54) is 6.26 Å². The van der Waals surface area contributed by atoms with Crippen molar-refractivity contribution in [1.29, 1.82) is 0 Å². The molecule has 0 aromatic heterocycles. The smallest absolute Gasteiger partial charge is 0.224 e. The number of ether oxygens (including phenoxy) is 1. The van der Waals surface area contributed by atoms with Gasteiger partial charge in [0.1, 0.15) is 5.75 Å². The van der Waals surface area contributed by atoms with E-state index in [2.05, 4.69) is 5.32 Å². The average Bonchev–Trinajstić information content (AvgIpc) is 2.52. The quantitative estimate of drug-likeness (QED) is 0.882. The van der Waals surface area contributed by atoms with Crippen molar-refractivity contribution in [3.63, 3.8) is 0 Å². The van der Waals surface area contributed by atoms with E-state index >= 15 is 0 Å². The fourth-order valence-corrected chi connectivity index (χ4v) is 2.72. The summed E-state index contributed by atoms with van der Waals surface area (Å²) in [7, 11) is -1.62. The first-order valence-electron chi connectivity index (χ1n) is 7.11. The van der Waals surface area contributed by atoms with Crippen LogP contribution in [0.15, 0.2) is 53.4 Å². The number of nitrogens with one attached hydrogen (secondary N) is 1. The zero-order chi connectivity index (χ0) is 16.9. The molecule has 0 saturated carbocycles. The summed E-state index contributed by atoms with van der Waals surface area (Å²) in [6, 6.07) is 13.7. The van der Waals surface area contributed by atoms with E-state index in [0.29, 0.717) is 24.3 Å². The summed E-state index contributed by atoms with van der Waals surface area (Å²) in [5.74, 6) is 0.574. The maximum Gasteiger partial charge on any atom is 0.224 e. The minimum atomic E-state index is -3.19. The van der Waals surface area contributed by atoms with Crippen molar-refractivity contribution in [1.82, 2.24) is 0 Å². The van der Waals surface area contributed by atoms with E-state index in [-0.39, 0.29) is 10.8 Å². The third-order valence-electron chi connectivity index (χ3n) is 3.35. The highest BCUT2D eigenvalue weighted by Gasteiger charge is 2.07. The molecule has 23 heavy (non-hydrogen) atoms. The first kappa shape index (κ1) is 17.0. The minimum absolute atomic E-state index is 0.106. The van der Waals surface area contributed by atoms with E-state index in [4.69, 9.17) is 4.74 Å². The second-order valence-corrected chi connectivity index (χ2v) is 7.21. The Morgan fingerprint density at radius 1 is 1.13 bits per heavy atom. The van der Waals surface area contributed by atoms with Gasteiger partial charge in [0.15, 0.2) is 9.84 Å². The van der Waals surface area contributed by atoms with Gasteiger partial charge in [0.25, 0.3) is 0 Å². The highest BCUT2D eigenvalue weighted by molar-refractivity contribution is 7.90. The molecule has 2 rings (SSSR count). The zero-order valence-corrected chi connectivity index (χ0v) is 13.9. The number of anilines is 1. The van der Waals surface area contributed by atoms with E-state index in [9.17, 15) is 13.2 Å². The van der Waals surface area contributed by atoms with Crippen molar-refractivity contribution in [2.45, 2.75) is 17.7 Å². The molecule has 0 radical (unpaired) electrons. The molecule has 1 amide bonds. The summed E-state index contributed by atoms with van der Waals surface area (Å²) in [4.78, 5) is 12.2. The van der Waals surface area contributed by atoms with Crippen LogP contribution in [0.3, 0.4) is 0 Å². The van der Waals surface area contributed by atoms with Gasteiger partial charge in [-0.2, -0.15) is 0 Å². The molecular formula is C17H19NO4S. The minimum Gasteiger partial charge on any atom is -0.497 e. The maximum atomic E-state index is 12.0. The highest BCUT2D eigenvalue weighted by Crippen LogP contribution is 2.17.